The normalized spacial score (nSPS) is 10.9. The molecule has 0 radical (unpaired) electrons. The van der Waals surface area contributed by atoms with E-state index in [0.717, 1.165) is 12.1 Å². The lowest BCUT2D eigenvalue weighted by Crippen LogP contribution is -2.26. The van der Waals surface area contributed by atoms with Crippen LogP contribution in [0.15, 0.2) is 43.5 Å². The highest BCUT2D eigenvalue weighted by molar-refractivity contribution is 5.88. The second-order valence-corrected chi connectivity index (χ2v) is 4.02. The molecule has 108 valence electrons. The number of benzene rings is 1. The van der Waals surface area contributed by atoms with Gasteiger partial charge in [0.1, 0.15) is 0 Å². The first kappa shape index (κ1) is 15.8. The summed E-state index contributed by atoms with van der Waals surface area (Å²) in [5, 5.41) is 8.80. The third kappa shape index (κ3) is 3.63. The van der Waals surface area contributed by atoms with Crippen LogP contribution in [-0.2, 0) is 6.18 Å². The van der Waals surface area contributed by atoms with E-state index in [9.17, 15) is 18.0 Å². The minimum Gasteiger partial charge on any atom is -0.478 e. The average molecular weight is 285 g/mol. The molecule has 0 aliphatic rings. The molecule has 0 aromatic heterocycles. The van der Waals surface area contributed by atoms with E-state index in [-0.39, 0.29) is 18.8 Å². The standard InChI is InChI=1S/C14H14F3NO2/c1-3-7-18(8-4-2)12-6-5-10(13(19)20)9-11(12)14(15,16)17/h3-6,9H,1-2,7-8H2,(H,19,20). The van der Waals surface area contributed by atoms with Gasteiger partial charge in [0.05, 0.1) is 11.1 Å². The highest BCUT2D eigenvalue weighted by Crippen LogP contribution is 2.37. The zero-order valence-corrected chi connectivity index (χ0v) is 10.7. The number of hydrogen-bond donors (Lipinski definition) is 1. The molecule has 0 aliphatic heterocycles. The Bertz CT molecular complexity index is 514. The second kappa shape index (κ2) is 6.27. The van der Waals surface area contributed by atoms with Gasteiger partial charge in [0.25, 0.3) is 0 Å². The number of carbonyl (C=O) groups is 1. The van der Waals surface area contributed by atoms with Gasteiger partial charge in [0.2, 0.25) is 0 Å². The maximum atomic E-state index is 13.1. The SMILES string of the molecule is C=CCN(CC=C)c1ccc(C(=O)O)cc1C(F)(F)F. The lowest BCUT2D eigenvalue weighted by atomic mass is 10.1. The molecule has 0 aliphatic carbocycles. The van der Waals surface area contributed by atoms with Crippen molar-refractivity contribution in [2.45, 2.75) is 6.18 Å². The predicted molar refractivity (Wildman–Crippen MR) is 71.0 cm³/mol. The number of nitrogens with zero attached hydrogens (tertiary/aromatic N) is 1. The molecule has 0 heterocycles. The number of carboxylic acids is 1. The van der Waals surface area contributed by atoms with E-state index in [1.54, 1.807) is 0 Å². The van der Waals surface area contributed by atoms with Gasteiger partial charge in [-0.15, -0.1) is 13.2 Å². The molecule has 1 aromatic carbocycles. The van der Waals surface area contributed by atoms with Crippen LogP contribution in [0.5, 0.6) is 0 Å². The van der Waals surface area contributed by atoms with Gasteiger partial charge in [0.15, 0.2) is 0 Å². The first-order valence-corrected chi connectivity index (χ1v) is 5.72. The maximum Gasteiger partial charge on any atom is 0.418 e. The van der Waals surface area contributed by atoms with Crippen molar-refractivity contribution in [3.8, 4) is 0 Å². The number of carboxylic acid groups (broad SMARTS) is 1. The summed E-state index contributed by atoms with van der Waals surface area (Å²) >= 11 is 0. The van der Waals surface area contributed by atoms with Gasteiger partial charge in [-0.1, -0.05) is 12.2 Å². The summed E-state index contributed by atoms with van der Waals surface area (Å²) in [5.41, 5.74) is -1.48. The molecule has 0 saturated carbocycles. The largest absolute Gasteiger partial charge is 0.478 e. The van der Waals surface area contributed by atoms with E-state index < -0.39 is 23.3 Å². The van der Waals surface area contributed by atoms with Crippen molar-refractivity contribution >= 4 is 11.7 Å². The summed E-state index contributed by atoms with van der Waals surface area (Å²) < 4.78 is 39.2. The Hall–Kier alpha value is -2.24. The van der Waals surface area contributed by atoms with Crippen molar-refractivity contribution < 1.29 is 23.1 Å². The zero-order chi connectivity index (χ0) is 15.3. The Balaban J connectivity index is 3.40. The molecule has 0 spiro atoms. The van der Waals surface area contributed by atoms with Crippen molar-refractivity contribution in [3.63, 3.8) is 0 Å². The summed E-state index contributed by atoms with van der Waals surface area (Å²) in [6, 6.07) is 2.93. The smallest absolute Gasteiger partial charge is 0.418 e. The molecule has 1 N–H and O–H groups in total. The van der Waals surface area contributed by atoms with Crippen molar-refractivity contribution in [3.05, 3.63) is 54.6 Å². The van der Waals surface area contributed by atoms with Crippen LogP contribution in [0.1, 0.15) is 15.9 Å². The minimum absolute atomic E-state index is 0.0951. The summed E-state index contributed by atoms with van der Waals surface area (Å²) in [4.78, 5) is 12.2. The number of aromatic carboxylic acids is 1. The monoisotopic (exact) mass is 285 g/mol. The molecule has 6 heteroatoms. The molecular formula is C14H14F3NO2. The van der Waals surface area contributed by atoms with E-state index in [1.165, 1.54) is 17.1 Å². The van der Waals surface area contributed by atoms with Gasteiger partial charge in [0, 0.05) is 18.8 Å². The molecule has 0 amide bonds. The maximum absolute atomic E-state index is 13.1. The predicted octanol–water partition coefficient (Wildman–Crippen LogP) is 3.58. The fourth-order valence-corrected chi connectivity index (χ4v) is 1.75. The first-order valence-electron chi connectivity index (χ1n) is 5.72. The molecule has 3 nitrogen and oxygen atoms in total. The quantitative estimate of drug-likeness (QED) is 0.812. The number of anilines is 1. The van der Waals surface area contributed by atoms with Gasteiger partial charge >= 0.3 is 12.1 Å². The van der Waals surface area contributed by atoms with Gasteiger partial charge in [-0.25, -0.2) is 4.79 Å². The van der Waals surface area contributed by atoms with Crippen LogP contribution in [0.2, 0.25) is 0 Å². The van der Waals surface area contributed by atoms with E-state index in [4.69, 9.17) is 5.11 Å². The lowest BCUT2D eigenvalue weighted by Gasteiger charge is -2.25. The topological polar surface area (TPSA) is 40.5 Å². The molecule has 0 fully saturated rings. The molecule has 0 bridgehead atoms. The minimum atomic E-state index is -4.64. The third-order valence-electron chi connectivity index (χ3n) is 2.59. The molecule has 0 atom stereocenters. The van der Waals surface area contributed by atoms with Gasteiger partial charge in [-0.05, 0) is 18.2 Å². The molecule has 1 aromatic rings. The second-order valence-electron chi connectivity index (χ2n) is 4.02. The van der Waals surface area contributed by atoms with Crippen LogP contribution in [0.4, 0.5) is 18.9 Å². The molecular weight excluding hydrogens is 271 g/mol. The highest BCUT2D eigenvalue weighted by Gasteiger charge is 2.35. The van der Waals surface area contributed by atoms with Crippen LogP contribution >= 0.6 is 0 Å². The summed E-state index contributed by atoms with van der Waals surface area (Å²) in [6.45, 7) is 7.38. The van der Waals surface area contributed by atoms with Crippen LogP contribution in [0, 0.1) is 0 Å². The van der Waals surface area contributed by atoms with Crippen LogP contribution in [0.25, 0.3) is 0 Å². The summed E-state index contributed by atoms with van der Waals surface area (Å²) in [7, 11) is 0. The molecule has 1 rings (SSSR count). The van der Waals surface area contributed by atoms with E-state index in [2.05, 4.69) is 13.2 Å². The van der Waals surface area contributed by atoms with Crippen molar-refractivity contribution in [1.29, 1.82) is 0 Å². The molecule has 0 saturated heterocycles. The highest BCUT2D eigenvalue weighted by atomic mass is 19.4. The van der Waals surface area contributed by atoms with Crippen molar-refractivity contribution in [2.24, 2.45) is 0 Å². The van der Waals surface area contributed by atoms with Gasteiger partial charge in [-0.2, -0.15) is 13.2 Å². The van der Waals surface area contributed by atoms with Gasteiger partial charge < -0.3 is 10.0 Å². The zero-order valence-electron chi connectivity index (χ0n) is 10.7. The Morgan fingerprint density at radius 2 is 1.80 bits per heavy atom. The van der Waals surface area contributed by atoms with Crippen LogP contribution < -0.4 is 4.90 Å². The van der Waals surface area contributed by atoms with Gasteiger partial charge in [-0.3, -0.25) is 0 Å². The number of halogens is 3. The fraction of sp³-hybridized carbons (Fsp3) is 0.214. The van der Waals surface area contributed by atoms with Crippen LogP contribution in [-0.4, -0.2) is 24.2 Å². The third-order valence-corrected chi connectivity index (χ3v) is 2.59. The first-order chi connectivity index (χ1) is 9.31. The molecule has 20 heavy (non-hydrogen) atoms. The summed E-state index contributed by atoms with van der Waals surface area (Å²) in [6.07, 6.45) is -1.70. The van der Waals surface area contributed by atoms with E-state index >= 15 is 0 Å². The Labute approximate surface area is 114 Å². The number of alkyl halides is 3. The van der Waals surface area contributed by atoms with Crippen LogP contribution in [0.3, 0.4) is 0 Å². The molecule has 0 unspecified atom stereocenters. The fourth-order valence-electron chi connectivity index (χ4n) is 1.75. The van der Waals surface area contributed by atoms with E-state index in [0.29, 0.717) is 6.07 Å². The Morgan fingerprint density at radius 1 is 1.25 bits per heavy atom. The van der Waals surface area contributed by atoms with E-state index in [1.807, 2.05) is 0 Å². The lowest BCUT2D eigenvalue weighted by molar-refractivity contribution is -0.137. The Kier molecular flexibility index (Phi) is 4.96. The van der Waals surface area contributed by atoms with Crippen molar-refractivity contribution in [2.75, 3.05) is 18.0 Å². The number of hydrogen-bond acceptors (Lipinski definition) is 2. The average Bonchev–Trinajstić information content (AvgIpc) is 2.36. The Morgan fingerprint density at radius 3 is 2.20 bits per heavy atom. The number of rotatable bonds is 6. The van der Waals surface area contributed by atoms with Crippen molar-refractivity contribution in [1.82, 2.24) is 0 Å². The summed E-state index contributed by atoms with van der Waals surface area (Å²) in [5.74, 6) is -1.40.